The molecule has 2 amide bonds. The van der Waals surface area contributed by atoms with E-state index in [1.54, 1.807) is 6.92 Å². The van der Waals surface area contributed by atoms with Gasteiger partial charge in [-0.2, -0.15) is 4.98 Å². The lowest BCUT2D eigenvalue weighted by atomic mass is 9.98. The molecule has 0 bridgehead atoms. The van der Waals surface area contributed by atoms with Crippen molar-refractivity contribution < 1.29 is 24.2 Å². The summed E-state index contributed by atoms with van der Waals surface area (Å²) >= 11 is 0. The van der Waals surface area contributed by atoms with Gasteiger partial charge in [0.15, 0.2) is 0 Å². The number of nitrogens with one attached hydrogen (secondary N) is 2. The Hall–Kier alpha value is -4.21. The number of aliphatic carboxylic acids is 1. The van der Waals surface area contributed by atoms with Crippen molar-refractivity contribution in [1.29, 1.82) is 0 Å². The molecule has 34 heavy (non-hydrogen) atoms. The third-order valence-corrected chi connectivity index (χ3v) is 6.46. The maximum absolute atomic E-state index is 12.7. The first kappa shape index (κ1) is 21.6. The van der Waals surface area contributed by atoms with Crippen LogP contribution in [0.3, 0.4) is 0 Å². The van der Waals surface area contributed by atoms with E-state index in [9.17, 15) is 19.5 Å². The molecule has 1 aliphatic heterocycles. The number of nitrogens with zero attached hydrogens (tertiary/aromatic N) is 3. The van der Waals surface area contributed by atoms with Gasteiger partial charge in [-0.1, -0.05) is 55.5 Å². The summed E-state index contributed by atoms with van der Waals surface area (Å²) in [5.41, 5.74) is 4.44. The van der Waals surface area contributed by atoms with Gasteiger partial charge in [0.05, 0.1) is 0 Å². The number of carbonyl (C=O) groups is 3. The first-order valence-corrected chi connectivity index (χ1v) is 11.0. The smallest absolute Gasteiger partial charge is 0.414 e. The van der Waals surface area contributed by atoms with E-state index in [1.807, 2.05) is 36.4 Å². The zero-order chi connectivity index (χ0) is 23.8. The third-order valence-electron chi connectivity index (χ3n) is 6.46. The highest BCUT2D eigenvalue weighted by molar-refractivity contribution is 5.94. The van der Waals surface area contributed by atoms with Crippen LogP contribution in [0.1, 0.15) is 41.0 Å². The fourth-order valence-corrected chi connectivity index (χ4v) is 4.83. The molecule has 3 N–H and O–H groups in total. The summed E-state index contributed by atoms with van der Waals surface area (Å²) in [7, 11) is 0. The Bertz CT molecular complexity index is 1230. The summed E-state index contributed by atoms with van der Waals surface area (Å²) in [5.74, 6) is -2.16. The van der Waals surface area contributed by atoms with Crippen molar-refractivity contribution in [2.45, 2.75) is 25.3 Å². The maximum Gasteiger partial charge on any atom is 0.414 e. The Morgan fingerprint density at radius 2 is 1.76 bits per heavy atom. The van der Waals surface area contributed by atoms with Crippen LogP contribution in [0.15, 0.2) is 48.5 Å². The van der Waals surface area contributed by atoms with Crippen molar-refractivity contribution in [2.24, 2.45) is 5.92 Å². The van der Waals surface area contributed by atoms with E-state index in [4.69, 9.17) is 4.74 Å². The van der Waals surface area contributed by atoms with Gasteiger partial charge in [-0.25, -0.2) is 9.59 Å². The van der Waals surface area contributed by atoms with Crippen LogP contribution in [0.25, 0.3) is 11.1 Å². The number of benzene rings is 2. The number of amides is 2. The highest BCUT2D eigenvalue weighted by Crippen LogP contribution is 2.44. The van der Waals surface area contributed by atoms with Gasteiger partial charge in [0.25, 0.3) is 11.9 Å². The predicted molar refractivity (Wildman–Crippen MR) is 121 cm³/mol. The molecule has 0 spiro atoms. The molecular weight excluding hydrogens is 438 g/mol. The second kappa shape index (κ2) is 8.62. The Labute approximate surface area is 195 Å². The monoisotopic (exact) mass is 461 g/mol. The first-order valence-electron chi connectivity index (χ1n) is 11.0. The second-order valence-electron chi connectivity index (χ2n) is 8.51. The van der Waals surface area contributed by atoms with Crippen molar-refractivity contribution in [1.82, 2.24) is 20.1 Å². The molecule has 10 nitrogen and oxygen atoms in total. The van der Waals surface area contributed by atoms with E-state index < -0.39 is 24.0 Å². The number of anilines is 1. The number of hydrogen-bond acceptors (Lipinski definition) is 6. The molecule has 1 aliphatic carbocycles. The number of rotatable bonds is 5. The van der Waals surface area contributed by atoms with Crippen LogP contribution >= 0.6 is 0 Å². The second-order valence-corrected chi connectivity index (χ2v) is 8.51. The fraction of sp³-hybridized carbons (Fsp3) is 0.292. The van der Waals surface area contributed by atoms with Gasteiger partial charge in [0.1, 0.15) is 12.6 Å². The van der Waals surface area contributed by atoms with Gasteiger partial charge < -0.3 is 14.7 Å². The SMILES string of the molecule is CC1CCN(C(=O)c2nc(NC(=O)OCC3c4ccccc4-c4ccccc43)n[nH]2)C1C(=O)O. The van der Waals surface area contributed by atoms with Crippen molar-refractivity contribution in [3.63, 3.8) is 0 Å². The number of fused-ring (bicyclic) bond motifs is 3. The summed E-state index contributed by atoms with van der Waals surface area (Å²) in [6, 6.07) is 15.1. The van der Waals surface area contributed by atoms with Gasteiger partial charge in [0, 0.05) is 12.5 Å². The molecule has 10 heteroatoms. The molecule has 2 unspecified atom stereocenters. The normalized spacial score (nSPS) is 18.9. The zero-order valence-electron chi connectivity index (χ0n) is 18.4. The fourth-order valence-electron chi connectivity index (χ4n) is 4.83. The Morgan fingerprint density at radius 1 is 1.12 bits per heavy atom. The molecule has 174 valence electrons. The molecular formula is C24H23N5O5. The van der Waals surface area contributed by atoms with Gasteiger partial charge in [-0.3, -0.25) is 15.2 Å². The van der Waals surface area contributed by atoms with Crippen LogP contribution in [0.2, 0.25) is 0 Å². The highest BCUT2D eigenvalue weighted by Gasteiger charge is 2.40. The number of aromatic nitrogens is 3. The molecule has 1 saturated heterocycles. The minimum Gasteiger partial charge on any atom is -0.480 e. The number of aromatic amines is 1. The molecule has 0 radical (unpaired) electrons. The average Bonchev–Trinajstić information content (AvgIpc) is 3.53. The van der Waals surface area contributed by atoms with Gasteiger partial charge in [-0.05, 0) is 34.6 Å². The van der Waals surface area contributed by atoms with E-state index in [0.717, 1.165) is 22.3 Å². The minimum absolute atomic E-state index is 0.0902. The summed E-state index contributed by atoms with van der Waals surface area (Å²) in [5, 5.41) is 18.2. The van der Waals surface area contributed by atoms with Crippen LogP contribution in [-0.2, 0) is 9.53 Å². The average molecular weight is 461 g/mol. The van der Waals surface area contributed by atoms with Crippen LogP contribution in [0, 0.1) is 5.92 Å². The van der Waals surface area contributed by atoms with Crippen LogP contribution in [0.4, 0.5) is 10.7 Å². The van der Waals surface area contributed by atoms with Crippen molar-refractivity contribution in [3.05, 3.63) is 65.5 Å². The van der Waals surface area contributed by atoms with E-state index in [2.05, 4.69) is 32.6 Å². The molecule has 2 aromatic carbocycles. The molecule has 1 aromatic heterocycles. The topological polar surface area (TPSA) is 138 Å². The van der Waals surface area contributed by atoms with Crippen LogP contribution < -0.4 is 5.32 Å². The third kappa shape index (κ3) is 3.76. The van der Waals surface area contributed by atoms with Gasteiger partial charge in [0.2, 0.25) is 5.82 Å². The molecule has 5 rings (SSSR count). The van der Waals surface area contributed by atoms with Crippen molar-refractivity contribution in [3.8, 4) is 11.1 Å². The number of ether oxygens (including phenoxy) is 1. The molecule has 2 aliphatic rings. The number of hydrogen-bond donors (Lipinski definition) is 3. The minimum atomic E-state index is -1.06. The Balaban J connectivity index is 1.23. The predicted octanol–water partition coefficient (Wildman–Crippen LogP) is 3.10. The molecule has 3 aromatic rings. The zero-order valence-corrected chi connectivity index (χ0v) is 18.4. The van der Waals surface area contributed by atoms with E-state index >= 15 is 0 Å². The number of carboxylic acids is 1. The summed E-state index contributed by atoms with van der Waals surface area (Å²) in [6.45, 7) is 2.23. The lowest BCUT2D eigenvalue weighted by molar-refractivity contribution is -0.142. The van der Waals surface area contributed by atoms with Crippen LogP contribution in [0.5, 0.6) is 0 Å². The van der Waals surface area contributed by atoms with Crippen molar-refractivity contribution >= 4 is 23.9 Å². The molecule has 2 heterocycles. The number of likely N-dealkylation sites (tertiary alicyclic amines) is 1. The van der Waals surface area contributed by atoms with Crippen LogP contribution in [-0.4, -0.2) is 62.4 Å². The van der Waals surface area contributed by atoms with Gasteiger partial charge >= 0.3 is 12.1 Å². The standard InChI is InChI=1S/C24H23N5O5/c1-13-10-11-29(19(13)22(31)32)21(30)20-25-23(28-27-20)26-24(33)34-12-18-16-8-4-2-6-14(16)15-7-3-5-9-17(15)18/h2-9,13,18-19H,10-12H2,1H3,(H,31,32)(H2,25,26,27,28,33). The maximum atomic E-state index is 12.7. The largest absolute Gasteiger partial charge is 0.480 e. The highest BCUT2D eigenvalue weighted by atomic mass is 16.5. The lowest BCUT2D eigenvalue weighted by Crippen LogP contribution is -2.43. The number of H-pyrrole nitrogens is 1. The summed E-state index contributed by atoms with van der Waals surface area (Å²) < 4.78 is 5.46. The Morgan fingerprint density at radius 3 is 2.41 bits per heavy atom. The molecule has 0 saturated carbocycles. The number of carboxylic acid groups (broad SMARTS) is 1. The Kier molecular flexibility index (Phi) is 5.48. The van der Waals surface area contributed by atoms with E-state index in [-0.39, 0.29) is 30.2 Å². The van der Waals surface area contributed by atoms with Crippen molar-refractivity contribution in [2.75, 3.05) is 18.5 Å². The van der Waals surface area contributed by atoms with E-state index in [0.29, 0.717) is 13.0 Å². The first-order chi connectivity index (χ1) is 16.4. The van der Waals surface area contributed by atoms with E-state index in [1.165, 1.54) is 4.90 Å². The summed E-state index contributed by atoms with van der Waals surface area (Å²) in [4.78, 5) is 41.9. The molecule has 1 fully saturated rings. The lowest BCUT2D eigenvalue weighted by Gasteiger charge is -2.21. The quantitative estimate of drug-likeness (QED) is 0.531. The van der Waals surface area contributed by atoms with Gasteiger partial charge in [-0.15, -0.1) is 5.10 Å². The number of carbonyl (C=O) groups excluding carboxylic acids is 2. The summed E-state index contributed by atoms with van der Waals surface area (Å²) in [6.07, 6.45) is -0.167. The molecule has 2 atom stereocenters.